The SMILES string of the molecule is [B]C(=O)OCc1ccc(NC(=O)[C@H](CCCCN)NC(=O)[C@H](Cc2ccccc2)NC(=O)CCOCCNC(=O)CCN2C(=O)CC(S)C2=O)cc1. The molecule has 15 nitrogen and oxygen atoms in total. The highest BCUT2D eigenvalue weighted by Crippen LogP contribution is 2.18. The molecule has 2 aromatic carbocycles. The number of nitrogens with two attached hydrogens (primary N) is 1. The molecule has 1 unspecified atom stereocenters. The van der Waals surface area contributed by atoms with E-state index in [1.54, 1.807) is 24.3 Å². The summed E-state index contributed by atoms with van der Waals surface area (Å²) in [7, 11) is 5.01. The van der Waals surface area contributed by atoms with Crippen molar-refractivity contribution in [2.75, 3.05) is 38.2 Å². The highest BCUT2D eigenvalue weighted by atomic mass is 32.1. The molecule has 1 aliphatic rings. The van der Waals surface area contributed by atoms with Gasteiger partial charge in [-0.1, -0.05) is 42.5 Å². The lowest BCUT2D eigenvalue weighted by atomic mass is 10.0. The Morgan fingerprint density at radius 1 is 0.885 bits per heavy atom. The maximum absolute atomic E-state index is 13.6. The second-order valence-electron chi connectivity index (χ2n) is 12.0. The van der Waals surface area contributed by atoms with Crippen LogP contribution in [0.15, 0.2) is 54.6 Å². The first-order chi connectivity index (χ1) is 25.0. The number of thiol groups is 1. The van der Waals surface area contributed by atoms with Gasteiger partial charge < -0.3 is 36.5 Å². The number of amides is 6. The molecule has 0 aliphatic carbocycles. The van der Waals surface area contributed by atoms with Crippen molar-refractivity contribution in [2.45, 2.75) is 68.9 Å². The predicted molar refractivity (Wildman–Crippen MR) is 195 cm³/mol. The molecular weight excluding hydrogens is 691 g/mol. The van der Waals surface area contributed by atoms with Crippen LogP contribution < -0.4 is 27.0 Å². The van der Waals surface area contributed by atoms with E-state index in [2.05, 4.69) is 33.9 Å². The zero-order chi connectivity index (χ0) is 37.9. The van der Waals surface area contributed by atoms with Crippen molar-refractivity contribution in [3.63, 3.8) is 0 Å². The summed E-state index contributed by atoms with van der Waals surface area (Å²) in [5.74, 6) is -3.48. The van der Waals surface area contributed by atoms with Crippen LogP contribution in [0.4, 0.5) is 10.5 Å². The lowest BCUT2D eigenvalue weighted by Crippen LogP contribution is -2.53. The number of likely N-dealkylation sites (tertiary alicyclic amines) is 1. The zero-order valence-electron chi connectivity index (χ0n) is 28.8. The van der Waals surface area contributed by atoms with Crippen molar-refractivity contribution in [1.29, 1.82) is 0 Å². The Kier molecular flexibility index (Phi) is 17.8. The topological polar surface area (TPSA) is 215 Å². The molecule has 1 fully saturated rings. The fraction of sp³-hybridized carbons (Fsp3) is 0.457. The van der Waals surface area contributed by atoms with Crippen LogP contribution in [0.25, 0.3) is 0 Å². The van der Waals surface area contributed by atoms with Crippen LogP contribution in [0.2, 0.25) is 0 Å². The molecule has 17 heteroatoms. The minimum Gasteiger partial charge on any atom is -0.470 e. The quantitative estimate of drug-likeness (QED) is 0.0432. The third-order valence-corrected chi connectivity index (χ3v) is 8.34. The Morgan fingerprint density at radius 2 is 1.62 bits per heavy atom. The minimum atomic E-state index is -1.00. The van der Waals surface area contributed by atoms with Crippen LogP contribution >= 0.6 is 12.6 Å². The molecule has 278 valence electrons. The summed E-state index contributed by atoms with van der Waals surface area (Å²) >= 11 is 4.06. The number of carbonyl (C=O) groups is 7. The number of benzene rings is 2. The number of carbonyl (C=O) groups excluding carboxylic acids is 7. The van der Waals surface area contributed by atoms with Gasteiger partial charge in [0.15, 0.2) is 0 Å². The van der Waals surface area contributed by atoms with Crippen LogP contribution in [-0.2, 0) is 51.3 Å². The van der Waals surface area contributed by atoms with E-state index < -0.39 is 46.8 Å². The smallest absolute Gasteiger partial charge is 0.246 e. The van der Waals surface area contributed by atoms with Crippen LogP contribution in [0.5, 0.6) is 0 Å². The summed E-state index contributed by atoms with van der Waals surface area (Å²) in [6.07, 6.45) is 1.58. The minimum absolute atomic E-state index is 0.0130. The van der Waals surface area contributed by atoms with Gasteiger partial charge in [0, 0.05) is 44.5 Å². The van der Waals surface area contributed by atoms with Gasteiger partial charge in [0.25, 0.3) is 0 Å². The Labute approximate surface area is 309 Å². The third kappa shape index (κ3) is 14.9. The molecule has 1 aliphatic heterocycles. The summed E-state index contributed by atoms with van der Waals surface area (Å²) in [6.45, 7) is 0.641. The van der Waals surface area contributed by atoms with Gasteiger partial charge in [-0.15, -0.1) is 0 Å². The molecule has 2 aromatic rings. The van der Waals surface area contributed by atoms with Gasteiger partial charge in [-0.2, -0.15) is 12.6 Å². The van der Waals surface area contributed by atoms with Gasteiger partial charge in [0.05, 0.1) is 18.5 Å². The van der Waals surface area contributed by atoms with E-state index >= 15 is 0 Å². The number of imide groups is 1. The summed E-state index contributed by atoms with van der Waals surface area (Å²) in [4.78, 5) is 87.7. The summed E-state index contributed by atoms with van der Waals surface area (Å²) in [5, 5.41) is 10.3. The van der Waals surface area contributed by atoms with E-state index in [1.807, 2.05) is 30.3 Å². The first kappa shape index (κ1) is 41.7. The largest absolute Gasteiger partial charge is 0.470 e. The highest BCUT2D eigenvalue weighted by Gasteiger charge is 2.36. The van der Waals surface area contributed by atoms with Crippen molar-refractivity contribution >= 4 is 67.5 Å². The van der Waals surface area contributed by atoms with Crippen molar-refractivity contribution in [2.24, 2.45) is 5.73 Å². The van der Waals surface area contributed by atoms with Crippen LogP contribution in [0.3, 0.4) is 0 Å². The van der Waals surface area contributed by atoms with Crippen molar-refractivity contribution < 1.29 is 43.0 Å². The Hall–Kier alpha value is -4.74. The number of ether oxygens (including phenoxy) is 2. The molecule has 1 saturated heterocycles. The lowest BCUT2D eigenvalue weighted by Gasteiger charge is -2.23. The normalized spacial score (nSPS) is 15.0. The number of unbranched alkanes of at least 4 members (excludes halogenated alkanes) is 1. The second-order valence-corrected chi connectivity index (χ2v) is 12.6. The lowest BCUT2D eigenvalue weighted by molar-refractivity contribution is -0.138. The first-order valence-electron chi connectivity index (χ1n) is 17.0. The molecule has 1 heterocycles. The molecule has 52 heavy (non-hydrogen) atoms. The molecule has 6 amide bonds. The fourth-order valence-electron chi connectivity index (χ4n) is 5.16. The predicted octanol–water partition coefficient (Wildman–Crippen LogP) is 0.742. The van der Waals surface area contributed by atoms with Gasteiger partial charge in [-0.05, 0) is 49.1 Å². The summed E-state index contributed by atoms with van der Waals surface area (Å²) in [5.41, 5.74) is 7.58. The number of anilines is 1. The van der Waals surface area contributed by atoms with Crippen LogP contribution in [0.1, 0.15) is 49.7 Å². The van der Waals surface area contributed by atoms with Crippen LogP contribution in [0, 0.1) is 0 Å². The highest BCUT2D eigenvalue weighted by molar-refractivity contribution is 7.81. The van der Waals surface area contributed by atoms with E-state index in [-0.39, 0.29) is 70.4 Å². The van der Waals surface area contributed by atoms with E-state index in [1.165, 1.54) is 0 Å². The molecule has 0 spiro atoms. The summed E-state index contributed by atoms with van der Waals surface area (Å²) < 4.78 is 10.3. The molecule has 0 bridgehead atoms. The standard InChI is InChI=1S/C35H45BN6O9S/c36-35(49)51-22-24-9-11-25(12-10-24)39-32(46)26(8-4-5-15-37)41-33(47)27(20-23-6-2-1-3-7-23)40-30(44)14-18-50-19-16-38-29(43)13-17-42-31(45)21-28(52)34(42)48/h1-3,6-7,9-12,26-28,52H,4-5,8,13-22,37H2,(H,38,43)(H,39,46)(H,40,44)(H,41,47)/t26-,27-,28?/m0/s1. The molecule has 3 rings (SSSR count). The van der Waals surface area contributed by atoms with Gasteiger partial charge in [-0.3, -0.25) is 38.5 Å². The number of hydrogen-bond acceptors (Lipinski definition) is 11. The Morgan fingerprint density at radius 3 is 2.27 bits per heavy atom. The van der Waals surface area contributed by atoms with Crippen molar-refractivity contribution in [3.05, 3.63) is 65.7 Å². The fourth-order valence-corrected chi connectivity index (χ4v) is 5.46. The second kappa shape index (κ2) is 22.3. The number of rotatable bonds is 22. The van der Waals surface area contributed by atoms with Crippen molar-refractivity contribution in [1.82, 2.24) is 20.9 Å². The first-order valence-corrected chi connectivity index (χ1v) is 17.5. The summed E-state index contributed by atoms with van der Waals surface area (Å²) in [6, 6.07) is 13.8. The van der Waals surface area contributed by atoms with E-state index in [9.17, 15) is 33.6 Å². The van der Waals surface area contributed by atoms with E-state index in [0.717, 1.165) is 10.5 Å². The van der Waals surface area contributed by atoms with E-state index in [4.69, 9.17) is 23.1 Å². The molecule has 3 atom stereocenters. The maximum Gasteiger partial charge on any atom is 0.246 e. The molecule has 2 radical (unpaired) electrons. The molecule has 0 saturated carbocycles. The number of hydrogen-bond donors (Lipinski definition) is 6. The number of nitrogens with zero attached hydrogens (tertiary/aromatic N) is 1. The van der Waals surface area contributed by atoms with Gasteiger partial charge in [0.1, 0.15) is 18.7 Å². The van der Waals surface area contributed by atoms with Crippen molar-refractivity contribution in [3.8, 4) is 0 Å². The van der Waals surface area contributed by atoms with Gasteiger partial charge >= 0.3 is 0 Å². The van der Waals surface area contributed by atoms with E-state index in [0.29, 0.717) is 37.1 Å². The zero-order valence-corrected chi connectivity index (χ0v) is 29.7. The average molecular weight is 737 g/mol. The average Bonchev–Trinajstić information content (AvgIpc) is 3.37. The third-order valence-electron chi connectivity index (χ3n) is 7.94. The molecular formula is C35H45BN6O9S. The number of nitrogens with one attached hydrogen (secondary N) is 4. The maximum atomic E-state index is 13.6. The van der Waals surface area contributed by atoms with Gasteiger partial charge in [-0.25, -0.2) is 0 Å². The monoisotopic (exact) mass is 736 g/mol. The molecule has 6 N–H and O–H groups in total. The van der Waals surface area contributed by atoms with Gasteiger partial charge in [0.2, 0.25) is 49.2 Å². The molecule has 0 aromatic heterocycles. The Balaban J connectivity index is 1.51. The Bertz CT molecular complexity index is 1530. The van der Waals surface area contributed by atoms with Crippen LogP contribution in [-0.4, -0.2) is 104 Å².